The van der Waals surface area contributed by atoms with Crippen molar-refractivity contribution in [1.29, 1.82) is 0 Å². The van der Waals surface area contributed by atoms with E-state index in [-0.39, 0.29) is 6.10 Å². The second-order valence-corrected chi connectivity index (χ2v) is 3.83. The molecule has 16 heavy (non-hydrogen) atoms. The van der Waals surface area contributed by atoms with Crippen LogP contribution in [0.1, 0.15) is 37.0 Å². The molecule has 0 heterocycles. The molecule has 0 aliphatic rings. The molecule has 0 aromatic heterocycles. The summed E-state index contributed by atoms with van der Waals surface area (Å²) in [7, 11) is 0. The maximum Gasteiger partial charge on any atom is 0.248 e. The summed E-state index contributed by atoms with van der Waals surface area (Å²) in [6.07, 6.45) is 2.14. The molecule has 0 saturated heterocycles. The Labute approximate surface area is 95.6 Å². The summed E-state index contributed by atoms with van der Waals surface area (Å²) in [4.78, 5) is 10.9. The van der Waals surface area contributed by atoms with Gasteiger partial charge in [-0.2, -0.15) is 0 Å². The van der Waals surface area contributed by atoms with Crippen molar-refractivity contribution in [2.45, 2.75) is 32.8 Å². The highest BCUT2D eigenvalue weighted by Crippen LogP contribution is 2.24. The van der Waals surface area contributed by atoms with Gasteiger partial charge in [0.25, 0.3) is 0 Å². The Balaban J connectivity index is 2.79. The molecule has 88 valence electrons. The van der Waals surface area contributed by atoms with E-state index < -0.39 is 5.91 Å². The number of carbonyl (C=O) groups excluding carboxylic acids is 1. The molecule has 4 N–H and O–H groups in total. The summed E-state index contributed by atoms with van der Waals surface area (Å²) < 4.78 is 5.64. The van der Waals surface area contributed by atoms with Crippen LogP contribution in [0.3, 0.4) is 0 Å². The van der Waals surface area contributed by atoms with Gasteiger partial charge in [-0.25, -0.2) is 0 Å². The van der Waals surface area contributed by atoms with Crippen LogP contribution in [0.2, 0.25) is 0 Å². The van der Waals surface area contributed by atoms with Crippen molar-refractivity contribution in [3.05, 3.63) is 23.8 Å². The van der Waals surface area contributed by atoms with Crippen LogP contribution in [0.4, 0.5) is 5.69 Å². The number of hydrogen-bond acceptors (Lipinski definition) is 3. The van der Waals surface area contributed by atoms with Crippen molar-refractivity contribution >= 4 is 11.6 Å². The van der Waals surface area contributed by atoms with E-state index in [2.05, 4.69) is 6.92 Å². The third-order valence-electron chi connectivity index (χ3n) is 2.32. The lowest BCUT2D eigenvalue weighted by atomic mass is 10.1. The van der Waals surface area contributed by atoms with E-state index in [1.165, 1.54) is 6.07 Å². The van der Waals surface area contributed by atoms with E-state index in [0.717, 1.165) is 12.8 Å². The molecule has 0 saturated carbocycles. The lowest BCUT2D eigenvalue weighted by Gasteiger charge is -2.15. The van der Waals surface area contributed by atoms with Gasteiger partial charge in [-0.1, -0.05) is 13.3 Å². The summed E-state index contributed by atoms with van der Waals surface area (Å²) in [5, 5.41) is 0. The predicted octanol–water partition coefficient (Wildman–Crippen LogP) is 1.94. The molecule has 1 aromatic rings. The molecule has 1 unspecified atom stereocenters. The average molecular weight is 222 g/mol. The number of primary amides is 1. The molecule has 1 rings (SSSR count). The third-order valence-corrected chi connectivity index (χ3v) is 2.32. The molecule has 4 nitrogen and oxygen atoms in total. The van der Waals surface area contributed by atoms with Crippen molar-refractivity contribution in [2.24, 2.45) is 5.73 Å². The highest BCUT2D eigenvalue weighted by Gasteiger charge is 2.08. The van der Waals surface area contributed by atoms with Crippen molar-refractivity contribution in [3.63, 3.8) is 0 Å². The van der Waals surface area contributed by atoms with Gasteiger partial charge in [0, 0.05) is 5.56 Å². The van der Waals surface area contributed by atoms with Crippen LogP contribution < -0.4 is 16.2 Å². The Hall–Kier alpha value is -1.71. The lowest BCUT2D eigenvalue weighted by molar-refractivity contribution is 0.100. The number of hydrogen-bond donors (Lipinski definition) is 2. The van der Waals surface area contributed by atoms with Gasteiger partial charge in [-0.05, 0) is 31.5 Å². The first-order chi connectivity index (χ1) is 7.54. The van der Waals surface area contributed by atoms with Crippen molar-refractivity contribution in [3.8, 4) is 5.75 Å². The summed E-state index contributed by atoms with van der Waals surface area (Å²) in [6.45, 7) is 4.09. The molecule has 0 bridgehead atoms. The first-order valence-electron chi connectivity index (χ1n) is 5.40. The molecule has 1 atom stereocenters. The number of nitrogens with two attached hydrogens (primary N) is 2. The predicted molar refractivity (Wildman–Crippen MR) is 64.4 cm³/mol. The first kappa shape index (κ1) is 12.4. The van der Waals surface area contributed by atoms with Gasteiger partial charge in [0.1, 0.15) is 5.75 Å². The smallest absolute Gasteiger partial charge is 0.248 e. The summed E-state index contributed by atoms with van der Waals surface area (Å²) >= 11 is 0. The van der Waals surface area contributed by atoms with Gasteiger partial charge in [0.2, 0.25) is 5.91 Å². The number of nitrogen functional groups attached to an aromatic ring is 1. The van der Waals surface area contributed by atoms with E-state index >= 15 is 0 Å². The monoisotopic (exact) mass is 222 g/mol. The van der Waals surface area contributed by atoms with Crippen LogP contribution in [-0.4, -0.2) is 12.0 Å². The fraction of sp³-hybridized carbons (Fsp3) is 0.417. The molecule has 0 aliphatic carbocycles. The van der Waals surface area contributed by atoms with Gasteiger partial charge in [-0.3, -0.25) is 4.79 Å². The fourth-order valence-corrected chi connectivity index (χ4v) is 1.49. The zero-order chi connectivity index (χ0) is 12.1. The van der Waals surface area contributed by atoms with Gasteiger partial charge in [-0.15, -0.1) is 0 Å². The first-order valence-corrected chi connectivity index (χ1v) is 5.40. The standard InChI is InChI=1S/C12H18N2O2/c1-3-4-8(2)16-11-6-5-9(12(14)15)7-10(11)13/h5-8H,3-4,13H2,1-2H3,(H2,14,15). The fourth-order valence-electron chi connectivity index (χ4n) is 1.49. The second kappa shape index (κ2) is 5.39. The van der Waals surface area contributed by atoms with E-state index in [9.17, 15) is 4.79 Å². The normalized spacial score (nSPS) is 12.1. The Morgan fingerprint density at radius 3 is 2.69 bits per heavy atom. The van der Waals surface area contributed by atoms with Crippen LogP contribution >= 0.6 is 0 Å². The third kappa shape index (κ3) is 3.15. The van der Waals surface area contributed by atoms with Gasteiger partial charge in [0.05, 0.1) is 11.8 Å². The molecular weight excluding hydrogens is 204 g/mol. The Kier molecular flexibility index (Phi) is 4.17. The largest absolute Gasteiger partial charge is 0.489 e. The molecule has 1 aromatic carbocycles. The van der Waals surface area contributed by atoms with E-state index in [4.69, 9.17) is 16.2 Å². The topological polar surface area (TPSA) is 78.3 Å². The summed E-state index contributed by atoms with van der Waals surface area (Å²) in [6, 6.07) is 4.84. The van der Waals surface area contributed by atoms with Crippen LogP contribution in [0.5, 0.6) is 5.75 Å². The Morgan fingerprint density at radius 1 is 1.50 bits per heavy atom. The van der Waals surface area contributed by atoms with Crippen LogP contribution in [0.15, 0.2) is 18.2 Å². The highest BCUT2D eigenvalue weighted by atomic mass is 16.5. The molecule has 1 amide bonds. The number of ether oxygens (including phenoxy) is 1. The minimum Gasteiger partial charge on any atom is -0.489 e. The van der Waals surface area contributed by atoms with Gasteiger partial charge >= 0.3 is 0 Å². The molecule has 0 aliphatic heterocycles. The molecule has 0 fully saturated rings. The summed E-state index contributed by atoms with van der Waals surface area (Å²) in [5.41, 5.74) is 11.8. The minimum absolute atomic E-state index is 0.117. The lowest BCUT2D eigenvalue weighted by Crippen LogP contribution is -2.14. The second-order valence-electron chi connectivity index (χ2n) is 3.83. The maximum atomic E-state index is 10.9. The quantitative estimate of drug-likeness (QED) is 0.747. The molecule has 0 spiro atoms. The zero-order valence-electron chi connectivity index (χ0n) is 9.69. The van der Waals surface area contributed by atoms with E-state index in [0.29, 0.717) is 17.0 Å². The van der Waals surface area contributed by atoms with Crippen molar-refractivity contribution in [2.75, 3.05) is 5.73 Å². The number of carbonyl (C=O) groups is 1. The van der Waals surface area contributed by atoms with Crippen LogP contribution in [0.25, 0.3) is 0 Å². The van der Waals surface area contributed by atoms with Gasteiger partial charge in [0.15, 0.2) is 0 Å². The number of amides is 1. The highest BCUT2D eigenvalue weighted by molar-refractivity contribution is 5.94. The average Bonchev–Trinajstić information content (AvgIpc) is 2.21. The Bertz CT molecular complexity index is 377. The van der Waals surface area contributed by atoms with E-state index in [1.54, 1.807) is 12.1 Å². The summed E-state index contributed by atoms with van der Waals surface area (Å²) in [5.74, 6) is 0.116. The molecule has 0 radical (unpaired) electrons. The van der Waals surface area contributed by atoms with Crippen LogP contribution in [-0.2, 0) is 0 Å². The maximum absolute atomic E-state index is 10.9. The number of rotatable bonds is 5. The SMILES string of the molecule is CCCC(C)Oc1ccc(C(N)=O)cc1N. The minimum atomic E-state index is -0.486. The van der Waals surface area contributed by atoms with Crippen LogP contribution in [0, 0.1) is 0 Å². The molecular formula is C12H18N2O2. The Morgan fingerprint density at radius 2 is 2.19 bits per heavy atom. The van der Waals surface area contributed by atoms with Crippen molar-refractivity contribution in [1.82, 2.24) is 0 Å². The van der Waals surface area contributed by atoms with E-state index in [1.807, 2.05) is 6.92 Å². The number of anilines is 1. The van der Waals surface area contributed by atoms with Crippen molar-refractivity contribution < 1.29 is 9.53 Å². The zero-order valence-corrected chi connectivity index (χ0v) is 9.69. The number of benzene rings is 1. The molecule has 4 heteroatoms. The van der Waals surface area contributed by atoms with Gasteiger partial charge < -0.3 is 16.2 Å².